The standard InChI is InChI=1S/C18H21ClN2O/c1-3-21(13-15-7-5-4-6-8-15)18(22)12-20-17-10-9-16(19)11-14(17)2/h4-11,20H,3,12-13H2,1-2H3. The molecule has 0 aliphatic rings. The molecular formula is C18H21ClN2O. The number of hydrogen-bond donors (Lipinski definition) is 1. The third-order valence-electron chi connectivity index (χ3n) is 3.57. The van der Waals surface area contributed by atoms with Crippen molar-refractivity contribution in [3.05, 3.63) is 64.7 Å². The number of halogens is 1. The lowest BCUT2D eigenvalue weighted by atomic mass is 10.2. The molecule has 0 unspecified atom stereocenters. The Kier molecular flexibility index (Phi) is 5.84. The number of aryl methyl sites for hydroxylation is 1. The predicted octanol–water partition coefficient (Wildman–Crippen LogP) is 4.11. The van der Waals surface area contributed by atoms with E-state index in [-0.39, 0.29) is 12.5 Å². The van der Waals surface area contributed by atoms with Crippen LogP contribution in [-0.4, -0.2) is 23.9 Å². The van der Waals surface area contributed by atoms with E-state index in [4.69, 9.17) is 11.6 Å². The van der Waals surface area contributed by atoms with Crippen molar-refractivity contribution in [2.24, 2.45) is 0 Å². The van der Waals surface area contributed by atoms with Gasteiger partial charge < -0.3 is 10.2 Å². The summed E-state index contributed by atoms with van der Waals surface area (Å²) < 4.78 is 0. The Morgan fingerprint density at radius 1 is 1.18 bits per heavy atom. The number of anilines is 1. The van der Waals surface area contributed by atoms with Gasteiger partial charge in [0.15, 0.2) is 0 Å². The molecule has 0 saturated heterocycles. The second-order valence-corrected chi connectivity index (χ2v) is 5.64. The first-order chi connectivity index (χ1) is 10.6. The molecule has 0 aliphatic carbocycles. The third-order valence-corrected chi connectivity index (χ3v) is 3.80. The summed E-state index contributed by atoms with van der Waals surface area (Å²) in [6, 6.07) is 15.6. The summed E-state index contributed by atoms with van der Waals surface area (Å²) in [6.45, 7) is 5.57. The van der Waals surface area contributed by atoms with Crippen molar-refractivity contribution < 1.29 is 4.79 Å². The van der Waals surface area contributed by atoms with Crippen LogP contribution in [0, 0.1) is 6.92 Å². The highest BCUT2D eigenvalue weighted by atomic mass is 35.5. The fraction of sp³-hybridized carbons (Fsp3) is 0.278. The highest BCUT2D eigenvalue weighted by Crippen LogP contribution is 2.19. The topological polar surface area (TPSA) is 32.3 Å². The molecule has 0 aliphatic heterocycles. The molecule has 2 aromatic rings. The maximum absolute atomic E-state index is 12.4. The molecule has 0 atom stereocenters. The van der Waals surface area contributed by atoms with Crippen LogP contribution in [0.2, 0.25) is 5.02 Å². The van der Waals surface area contributed by atoms with E-state index >= 15 is 0 Å². The zero-order valence-electron chi connectivity index (χ0n) is 13.0. The number of carbonyl (C=O) groups is 1. The van der Waals surface area contributed by atoms with Gasteiger partial charge in [0.25, 0.3) is 0 Å². The van der Waals surface area contributed by atoms with Gasteiger partial charge in [0.1, 0.15) is 0 Å². The first-order valence-corrected chi connectivity index (χ1v) is 7.79. The molecule has 0 fully saturated rings. The minimum atomic E-state index is 0.0840. The molecule has 0 spiro atoms. The summed E-state index contributed by atoms with van der Waals surface area (Å²) in [7, 11) is 0. The van der Waals surface area contributed by atoms with E-state index in [9.17, 15) is 4.79 Å². The van der Waals surface area contributed by atoms with Crippen LogP contribution in [0.5, 0.6) is 0 Å². The molecule has 0 heterocycles. The van der Waals surface area contributed by atoms with Crippen molar-refractivity contribution in [1.82, 2.24) is 4.90 Å². The summed E-state index contributed by atoms with van der Waals surface area (Å²) in [5.74, 6) is 0.0840. The first-order valence-electron chi connectivity index (χ1n) is 7.42. The van der Waals surface area contributed by atoms with Crippen molar-refractivity contribution in [2.75, 3.05) is 18.4 Å². The smallest absolute Gasteiger partial charge is 0.242 e. The van der Waals surface area contributed by atoms with Crippen LogP contribution in [-0.2, 0) is 11.3 Å². The Bertz CT molecular complexity index is 628. The Hall–Kier alpha value is -2.00. The first kappa shape index (κ1) is 16.4. The number of benzene rings is 2. The zero-order valence-corrected chi connectivity index (χ0v) is 13.7. The molecule has 2 rings (SSSR count). The van der Waals surface area contributed by atoms with Gasteiger partial charge in [0.05, 0.1) is 6.54 Å². The van der Waals surface area contributed by atoms with Crippen molar-refractivity contribution in [3.8, 4) is 0 Å². The number of likely N-dealkylation sites (N-methyl/N-ethyl adjacent to an activating group) is 1. The molecular weight excluding hydrogens is 296 g/mol. The lowest BCUT2D eigenvalue weighted by Crippen LogP contribution is -2.35. The maximum Gasteiger partial charge on any atom is 0.242 e. The van der Waals surface area contributed by atoms with Crippen molar-refractivity contribution in [1.29, 1.82) is 0 Å². The molecule has 4 heteroatoms. The Labute approximate surface area is 136 Å². The number of carbonyl (C=O) groups excluding carboxylic acids is 1. The molecule has 0 bridgehead atoms. The summed E-state index contributed by atoms with van der Waals surface area (Å²) in [6.07, 6.45) is 0. The van der Waals surface area contributed by atoms with Crippen LogP contribution in [0.4, 0.5) is 5.69 Å². The predicted molar refractivity (Wildman–Crippen MR) is 92.2 cm³/mol. The van der Waals surface area contributed by atoms with Crippen LogP contribution < -0.4 is 5.32 Å². The molecule has 1 N–H and O–H groups in total. The van der Waals surface area contributed by atoms with Gasteiger partial charge in [0.2, 0.25) is 5.91 Å². The number of amides is 1. The monoisotopic (exact) mass is 316 g/mol. The number of nitrogens with one attached hydrogen (secondary N) is 1. The minimum Gasteiger partial charge on any atom is -0.376 e. The summed E-state index contributed by atoms with van der Waals surface area (Å²) in [5, 5.41) is 3.89. The van der Waals surface area contributed by atoms with Gasteiger partial charge in [-0.3, -0.25) is 4.79 Å². The molecule has 1 amide bonds. The van der Waals surface area contributed by atoms with E-state index in [2.05, 4.69) is 5.32 Å². The number of nitrogens with zero attached hydrogens (tertiary/aromatic N) is 1. The van der Waals surface area contributed by atoms with E-state index in [1.165, 1.54) is 0 Å². The zero-order chi connectivity index (χ0) is 15.9. The van der Waals surface area contributed by atoms with Crippen molar-refractivity contribution in [3.63, 3.8) is 0 Å². The molecule has 3 nitrogen and oxygen atoms in total. The highest BCUT2D eigenvalue weighted by molar-refractivity contribution is 6.30. The largest absolute Gasteiger partial charge is 0.376 e. The number of hydrogen-bond acceptors (Lipinski definition) is 2. The Morgan fingerprint density at radius 2 is 1.91 bits per heavy atom. The normalized spacial score (nSPS) is 10.3. The molecule has 0 aromatic heterocycles. The molecule has 0 radical (unpaired) electrons. The summed E-state index contributed by atoms with van der Waals surface area (Å²) >= 11 is 5.94. The minimum absolute atomic E-state index is 0.0840. The van der Waals surface area contributed by atoms with Gasteiger partial charge in [-0.25, -0.2) is 0 Å². The van der Waals surface area contributed by atoms with E-state index < -0.39 is 0 Å². The second kappa shape index (κ2) is 7.85. The van der Waals surface area contributed by atoms with E-state index in [1.807, 2.05) is 67.3 Å². The Balaban J connectivity index is 1.94. The van der Waals surface area contributed by atoms with Gasteiger partial charge in [-0.2, -0.15) is 0 Å². The Morgan fingerprint density at radius 3 is 2.55 bits per heavy atom. The van der Waals surface area contributed by atoms with E-state index in [0.717, 1.165) is 16.8 Å². The van der Waals surface area contributed by atoms with Crippen LogP contribution in [0.25, 0.3) is 0 Å². The van der Waals surface area contributed by atoms with Crippen LogP contribution >= 0.6 is 11.6 Å². The molecule has 2 aromatic carbocycles. The van der Waals surface area contributed by atoms with Crippen LogP contribution in [0.1, 0.15) is 18.1 Å². The van der Waals surface area contributed by atoms with E-state index in [0.29, 0.717) is 18.1 Å². The average Bonchev–Trinajstić information content (AvgIpc) is 2.52. The van der Waals surface area contributed by atoms with E-state index in [1.54, 1.807) is 0 Å². The number of rotatable bonds is 6. The lowest BCUT2D eigenvalue weighted by Gasteiger charge is -2.22. The van der Waals surface area contributed by atoms with Crippen molar-refractivity contribution >= 4 is 23.2 Å². The van der Waals surface area contributed by atoms with Crippen LogP contribution in [0.3, 0.4) is 0 Å². The van der Waals surface area contributed by atoms with Gasteiger partial charge in [0, 0.05) is 23.8 Å². The second-order valence-electron chi connectivity index (χ2n) is 5.21. The van der Waals surface area contributed by atoms with Crippen LogP contribution in [0.15, 0.2) is 48.5 Å². The fourth-order valence-corrected chi connectivity index (χ4v) is 2.51. The highest BCUT2D eigenvalue weighted by Gasteiger charge is 2.12. The van der Waals surface area contributed by atoms with Gasteiger partial charge in [-0.1, -0.05) is 41.9 Å². The quantitative estimate of drug-likeness (QED) is 0.870. The molecule has 0 saturated carbocycles. The lowest BCUT2D eigenvalue weighted by molar-refractivity contribution is -0.129. The van der Waals surface area contributed by atoms with Crippen molar-refractivity contribution in [2.45, 2.75) is 20.4 Å². The summed E-state index contributed by atoms with van der Waals surface area (Å²) in [5.41, 5.74) is 3.11. The van der Waals surface area contributed by atoms with Gasteiger partial charge in [-0.05, 0) is 43.2 Å². The average molecular weight is 317 g/mol. The third kappa shape index (κ3) is 4.50. The molecule has 22 heavy (non-hydrogen) atoms. The van der Waals surface area contributed by atoms with Gasteiger partial charge >= 0.3 is 0 Å². The van der Waals surface area contributed by atoms with Gasteiger partial charge in [-0.15, -0.1) is 0 Å². The molecule has 116 valence electrons. The fourth-order valence-electron chi connectivity index (χ4n) is 2.29. The SMILES string of the molecule is CCN(Cc1ccccc1)C(=O)CNc1ccc(Cl)cc1C. The maximum atomic E-state index is 12.4. The summed E-state index contributed by atoms with van der Waals surface area (Å²) in [4.78, 5) is 14.2.